The van der Waals surface area contributed by atoms with Gasteiger partial charge >= 0.3 is 0 Å². The third-order valence-corrected chi connectivity index (χ3v) is 4.60. The van der Waals surface area contributed by atoms with Crippen LogP contribution in [0.2, 0.25) is 0 Å². The van der Waals surface area contributed by atoms with E-state index in [0.29, 0.717) is 0 Å². The second kappa shape index (κ2) is 9.28. The number of amides is 1. The van der Waals surface area contributed by atoms with Crippen molar-refractivity contribution in [1.82, 2.24) is 5.32 Å². The van der Waals surface area contributed by atoms with Crippen molar-refractivity contribution in [3.63, 3.8) is 0 Å². The van der Waals surface area contributed by atoms with Gasteiger partial charge in [0.25, 0.3) is 5.69 Å². The molecule has 0 aliphatic carbocycles. The Morgan fingerprint density at radius 3 is 2.26 bits per heavy atom. The van der Waals surface area contributed by atoms with Gasteiger partial charge in [0.05, 0.1) is 11.0 Å². The summed E-state index contributed by atoms with van der Waals surface area (Å²) in [5.41, 5.74) is 2.47. The maximum absolute atomic E-state index is 12.6. The highest BCUT2D eigenvalue weighted by Crippen LogP contribution is 2.25. The van der Waals surface area contributed by atoms with Crippen molar-refractivity contribution >= 4 is 17.3 Å². The fourth-order valence-electron chi connectivity index (χ4n) is 2.96. The van der Waals surface area contributed by atoms with Gasteiger partial charge < -0.3 is 5.32 Å². The molecule has 0 unspecified atom stereocenters. The molecular weight excluding hydrogens is 342 g/mol. The molecule has 0 saturated carbocycles. The molecule has 0 aliphatic heterocycles. The Morgan fingerprint density at radius 1 is 1.07 bits per heavy atom. The number of anilines is 1. The van der Waals surface area contributed by atoms with Crippen LogP contribution in [-0.4, -0.2) is 16.9 Å². The van der Waals surface area contributed by atoms with Crippen LogP contribution in [0, 0.1) is 16.0 Å². The van der Waals surface area contributed by atoms with Crippen LogP contribution in [-0.2, 0) is 11.2 Å². The third-order valence-electron chi connectivity index (χ3n) is 4.60. The van der Waals surface area contributed by atoms with Gasteiger partial charge in [0.1, 0.15) is 5.69 Å². The lowest BCUT2D eigenvalue weighted by Gasteiger charge is -2.26. The van der Waals surface area contributed by atoms with Gasteiger partial charge in [0, 0.05) is 12.1 Å². The van der Waals surface area contributed by atoms with E-state index in [0.717, 1.165) is 12.0 Å². The zero-order valence-electron chi connectivity index (χ0n) is 16.2. The second-order valence-electron chi connectivity index (χ2n) is 6.97. The number of nitrogens with one attached hydrogen (secondary N) is 2. The fraction of sp³-hybridized carbons (Fsp3) is 0.381. The van der Waals surface area contributed by atoms with Crippen molar-refractivity contribution in [2.75, 3.05) is 5.32 Å². The number of carbonyl (C=O) groups excluding carboxylic acids is 1. The summed E-state index contributed by atoms with van der Waals surface area (Å²) in [5.74, 6) is -0.0288. The standard InChI is InChI=1S/C21H27N3O3/c1-5-16-10-12-17(13-11-16)20(14(2)3)22-15(4)21(25)23-18-8-6-7-9-19(18)24(26)27/h6-15,20,22H,5H2,1-4H3,(H,23,25)/t15-,20-/m0/s1. The maximum atomic E-state index is 12.6. The van der Waals surface area contributed by atoms with Crippen LogP contribution in [0.4, 0.5) is 11.4 Å². The molecule has 0 spiro atoms. The Kier molecular flexibility index (Phi) is 7.07. The second-order valence-corrected chi connectivity index (χ2v) is 6.97. The van der Waals surface area contributed by atoms with Gasteiger partial charge in [-0.05, 0) is 36.5 Å². The number of rotatable bonds is 8. The van der Waals surface area contributed by atoms with Gasteiger partial charge in [-0.1, -0.05) is 57.2 Å². The van der Waals surface area contributed by atoms with Crippen LogP contribution in [0.25, 0.3) is 0 Å². The van der Waals surface area contributed by atoms with Crippen LogP contribution in [0.15, 0.2) is 48.5 Å². The quantitative estimate of drug-likeness (QED) is 0.531. The maximum Gasteiger partial charge on any atom is 0.292 e. The zero-order valence-corrected chi connectivity index (χ0v) is 16.2. The van der Waals surface area contributed by atoms with Crippen LogP contribution < -0.4 is 10.6 Å². The first-order valence-electron chi connectivity index (χ1n) is 9.22. The van der Waals surface area contributed by atoms with Crippen molar-refractivity contribution in [2.45, 2.75) is 46.2 Å². The Labute approximate surface area is 160 Å². The minimum atomic E-state index is -0.511. The molecule has 0 aliphatic rings. The summed E-state index contributed by atoms with van der Waals surface area (Å²) >= 11 is 0. The topological polar surface area (TPSA) is 84.3 Å². The number of para-hydroxylation sites is 2. The van der Waals surface area contributed by atoms with Crippen LogP contribution >= 0.6 is 0 Å². The van der Waals surface area contributed by atoms with Gasteiger partial charge in [0.2, 0.25) is 5.91 Å². The van der Waals surface area contributed by atoms with Crippen molar-refractivity contribution in [3.05, 3.63) is 69.8 Å². The average molecular weight is 369 g/mol. The van der Waals surface area contributed by atoms with E-state index < -0.39 is 11.0 Å². The lowest BCUT2D eigenvalue weighted by Crippen LogP contribution is -2.41. The lowest BCUT2D eigenvalue weighted by atomic mass is 9.94. The predicted molar refractivity (Wildman–Crippen MR) is 108 cm³/mol. The Bertz CT molecular complexity index is 788. The molecule has 0 bridgehead atoms. The van der Waals surface area contributed by atoms with Gasteiger partial charge in [-0.2, -0.15) is 0 Å². The first-order valence-corrected chi connectivity index (χ1v) is 9.22. The number of nitro groups is 1. The molecule has 2 aromatic rings. The number of carbonyl (C=O) groups is 1. The summed E-state index contributed by atoms with van der Waals surface area (Å²) in [7, 11) is 0. The first kappa shape index (κ1) is 20.6. The fourth-order valence-corrected chi connectivity index (χ4v) is 2.96. The summed E-state index contributed by atoms with van der Waals surface area (Å²) in [6.07, 6.45) is 0.981. The van der Waals surface area contributed by atoms with Crippen molar-refractivity contribution < 1.29 is 9.72 Å². The lowest BCUT2D eigenvalue weighted by molar-refractivity contribution is -0.383. The molecular formula is C21H27N3O3. The molecule has 0 aromatic heterocycles. The minimum absolute atomic E-state index is 0.00224. The van der Waals surface area contributed by atoms with E-state index in [1.807, 2.05) is 0 Å². The van der Waals surface area contributed by atoms with Crippen LogP contribution in [0.3, 0.4) is 0 Å². The van der Waals surface area contributed by atoms with Gasteiger partial charge in [-0.25, -0.2) is 0 Å². The molecule has 2 aromatic carbocycles. The number of nitrogens with zero attached hydrogens (tertiary/aromatic N) is 1. The first-order chi connectivity index (χ1) is 12.8. The van der Waals surface area contributed by atoms with Gasteiger partial charge in [-0.15, -0.1) is 0 Å². The normalized spacial score (nSPS) is 13.2. The molecule has 2 N–H and O–H groups in total. The number of hydrogen-bond acceptors (Lipinski definition) is 4. The number of nitro benzene ring substituents is 1. The number of hydrogen-bond donors (Lipinski definition) is 2. The molecule has 1 amide bonds. The summed E-state index contributed by atoms with van der Waals surface area (Å²) in [6.45, 7) is 8.07. The minimum Gasteiger partial charge on any atom is -0.319 e. The van der Waals surface area contributed by atoms with E-state index in [2.05, 4.69) is 55.7 Å². The Morgan fingerprint density at radius 2 is 1.70 bits per heavy atom. The highest BCUT2D eigenvalue weighted by molar-refractivity contribution is 5.96. The molecule has 27 heavy (non-hydrogen) atoms. The van der Waals surface area contributed by atoms with Crippen molar-refractivity contribution in [1.29, 1.82) is 0 Å². The van der Waals surface area contributed by atoms with E-state index in [9.17, 15) is 14.9 Å². The van der Waals surface area contributed by atoms with Crippen LogP contribution in [0.5, 0.6) is 0 Å². The summed E-state index contributed by atoms with van der Waals surface area (Å²) in [5, 5.41) is 17.1. The average Bonchev–Trinajstić information content (AvgIpc) is 2.66. The number of aryl methyl sites for hydroxylation is 1. The van der Waals surface area contributed by atoms with E-state index in [1.165, 1.54) is 17.7 Å². The van der Waals surface area contributed by atoms with Gasteiger partial charge in [0.15, 0.2) is 0 Å². The smallest absolute Gasteiger partial charge is 0.292 e. The highest BCUT2D eigenvalue weighted by atomic mass is 16.6. The molecule has 144 valence electrons. The molecule has 0 heterocycles. The molecule has 2 rings (SSSR count). The summed E-state index contributed by atoms with van der Waals surface area (Å²) in [6, 6.07) is 14.0. The van der Waals surface area contributed by atoms with E-state index >= 15 is 0 Å². The Hall–Kier alpha value is -2.73. The van der Waals surface area contributed by atoms with Crippen molar-refractivity contribution in [2.24, 2.45) is 5.92 Å². The molecule has 6 nitrogen and oxygen atoms in total. The van der Waals surface area contributed by atoms with E-state index in [-0.39, 0.29) is 29.2 Å². The molecule has 0 fully saturated rings. The Balaban J connectivity index is 2.11. The SMILES string of the molecule is CCc1ccc([C@@H](N[C@@H](C)C(=O)Nc2ccccc2[N+](=O)[O-])C(C)C)cc1. The van der Waals surface area contributed by atoms with E-state index in [1.54, 1.807) is 19.1 Å². The summed E-state index contributed by atoms with van der Waals surface area (Å²) < 4.78 is 0. The van der Waals surface area contributed by atoms with Crippen molar-refractivity contribution in [3.8, 4) is 0 Å². The monoisotopic (exact) mass is 369 g/mol. The van der Waals surface area contributed by atoms with Crippen LogP contribution in [0.1, 0.15) is 44.9 Å². The molecule has 0 saturated heterocycles. The summed E-state index contributed by atoms with van der Waals surface area (Å²) in [4.78, 5) is 23.2. The predicted octanol–water partition coefficient (Wildman–Crippen LogP) is 4.47. The molecule has 2 atom stereocenters. The number of benzene rings is 2. The highest BCUT2D eigenvalue weighted by Gasteiger charge is 2.23. The molecule has 6 heteroatoms. The third kappa shape index (κ3) is 5.37. The van der Waals surface area contributed by atoms with Gasteiger partial charge in [-0.3, -0.25) is 20.2 Å². The van der Waals surface area contributed by atoms with E-state index in [4.69, 9.17) is 0 Å². The molecule has 0 radical (unpaired) electrons. The largest absolute Gasteiger partial charge is 0.319 e. The zero-order chi connectivity index (χ0) is 20.0.